The van der Waals surface area contributed by atoms with E-state index in [0.29, 0.717) is 13.0 Å². The van der Waals surface area contributed by atoms with Gasteiger partial charge < -0.3 is 14.5 Å². The van der Waals surface area contributed by atoms with Crippen molar-refractivity contribution in [3.05, 3.63) is 29.3 Å². The second-order valence-corrected chi connectivity index (χ2v) is 6.82. The normalized spacial score (nSPS) is 19.2. The van der Waals surface area contributed by atoms with Crippen molar-refractivity contribution in [2.24, 2.45) is 0 Å². The molecule has 0 aliphatic carbocycles. The molecule has 0 N–H and O–H groups in total. The summed E-state index contributed by atoms with van der Waals surface area (Å²) < 4.78 is 5.00. The first kappa shape index (κ1) is 17.2. The summed E-state index contributed by atoms with van der Waals surface area (Å²) >= 11 is 0. The molecule has 1 aromatic carbocycles. The monoisotopic (exact) mass is 331 g/mol. The second kappa shape index (κ2) is 7.99. The average molecular weight is 331 g/mol. The highest BCUT2D eigenvalue weighted by atomic mass is 16.5. The molecule has 0 unspecified atom stereocenters. The smallest absolute Gasteiger partial charge is 0.307 e. The van der Waals surface area contributed by atoms with E-state index < -0.39 is 0 Å². The van der Waals surface area contributed by atoms with E-state index in [1.54, 1.807) is 0 Å². The summed E-state index contributed by atoms with van der Waals surface area (Å²) in [7, 11) is 2.19. The molecular weight excluding hydrogens is 302 g/mol. The number of nitrogens with zero attached hydrogens (tertiary/aromatic N) is 3. The number of ether oxygens (including phenoxy) is 1. The topological polar surface area (TPSA) is 36.0 Å². The van der Waals surface area contributed by atoms with Gasteiger partial charge in [-0.3, -0.25) is 9.69 Å². The fourth-order valence-corrected chi connectivity index (χ4v) is 3.59. The van der Waals surface area contributed by atoms with Gasteiger partial charge in [0, 0.05) is 51.5 Å². The number of esters is 1. The van der Waals surface area contributed by atoms with Crippen molar-refractivity contribution in [2.75, 3.05) is 57.8 Å². The number of piperazine rings is 1. The van der Waals surface area contributed by atoms with E-state index in [4.69, 9.17) is 4.74 Å². The van der Waals surface area contributed by atoms with E-state index >= 15 is 0 Å². The summed E-state index contributed by atoms with van der Waals surface area (Å²) in [6.45, 7) is 9.42. The Balaban J connectivity index is 1.51. The van der Waals surface area contributed by atoms with Crippen molar-refractivity contribution in [1.29, 1.82) is 0 Å². The minimum Gasteiger partial charge on any atom is -0.466 e. The number of benzene rings is 1. The number of fused-ring (bicyclic) bond motifs is 1. The van der Waals surface area contributed by atoms with E-state index in [1.807, 2.05) is 6.92 Å². The van der Waals surface area contributed by atoms with Crippen molar-refractivity contribution in [2.45, 2.75) is 26.3 Å². The summed E-state index contributed by atoms with van der Waals surface area (Å²) in [4.78, 5) is 18.7. The quantitative estimate of drug-likeness (QED) is 0.768. The molecule has 1 aromatic rings. The fraction of sp³-hybridized carbons (Fsp3) is 0.632. The van der Waals surface area contributed by atoms with Crippen LogP contribution >= 0.6 is 0 Å². The highest BCUT2D eigenvalue weighted by Gasteiger charge is 2.20. The zero-order valence-electron chi connectivity index (χ0n) is 15.0. The summed E-state index contributed by atoms with van der Waals surface area (Å²) in [5.74, 6) is -0.0845. The Morgan fingerprint density at radius 2 is 1.92 bits per heavy atom. The highest BCUT2D eigenvalue weighted by molar-refractivity contribution is 5.69. The summed E-state index contributed by atoms with van der Waals surface area (Å²) in [5, 5.41) is 0. The molecule has 0 amide bonds. The number of carbonyl (C=O) groups is 1. The zero-order chi connectivity index (χ0) is 16.9. The van der Waals surface area contributed by atoms with Crippen LogP contribution in [0.25, 0.3) is 0 Å². The van der Waals surface area contributed by atoms with Crippen LogP contribution < -0.4 is 4.90 Å². The summed E-state index contributed by atoms with van der Waals surface area (Å²) in [6.07, 6.45) is 1.66. The van der Waals surface area contributed by atoms with Gasteiger partial charge in [0.1, 0.15) is 0 Å². The minimum atomic E-state index is -0.0845. The van der Waals surface area contributed by atoms with Gasteiger partial charge in [0.25, 0.3) is 0 Å². The Morgan fingerprint density at radius 1 is 1.12 bits per heavy atom. The highest BCUT2D eigenvalue weighted by Crippen LogP contribution is 2.25. The maximum Gasteiger partial charge on any atom is 0.307 e. The third kappa shape index (κ3) is 4.28. The largest absolute Gasteiger partial charge is 0.466 e. The molecule has 1 saturated heterocycles. The molecule has 132 valence electrons. The molecule has 3 rings (SSSR count). The van der Waals surface area contributed by atoms with Crippen LogP contribution in [0.4, 0.5) is 5.69 Å². The second-order valence-electron chi connectivity index (χ2n) is 6.82. The maximum atomic E-state index is 11.5. The van der Waals surface area contributed by atoms with Gasteiger partial charge in [-0.25, -0.2) is 0 Å². The Kier molecular flexibility index (Phi) is 5.74. The molecule has 2 heterocycles. The van der Waals surface area contributed by atoms with Crippen LogP contribution in [-0.4, -0.2) is 68.7 Å². The maximum absolute atomic E-state index is 11.5. The van der Waals surface area contributed by atoms with Gasteiger partial charge in [-0.2, -0.15) is 0 Å². The van der Waals surface area contributed by atoms with Crippen molar-refractivity contribution in [1.82, 2.24) is 9.80 Å². The van der Waals surface area contributed by atoms with Gasteiger partial charge in [0.05, 0.1) is 13.0 Å². The molecule has 0 radical (unpaired) electrons. The molecule has 0 saturated carbocycles. The van der Waals surface area contributed by atoms with E-state index in [-0.39, 0.29) is 5.97 Å². The van der Waals surface area contributed by atoms with Gasteiger partial charge in [0.2, 0.25) is 0 Å². The van der Waals surface area contributed by atoms with E-state index in [2.05, 4.69) is 39.9 Å². The van der Waals surface area contributed by atoms with E-state index in [1.165, 1.54) is 16.8 Å². The standard InChI is InChI=1S/C19H29N3O2/c1-3-24-19(23)7-9-21-10-12-22(13-11-21)18-5-4-16-6-8-20(2)15-17(16)14-18/h4-5,14H,3,6-13,15H2,1-2H3. The number of hydrogen-bond acceptors (Lipinski definition) is 5. The molecule has 2 aliphatic rings. The first-order valence-corrected chi connectivity index (χ1v) is 9.09. The van der Waals surface area contributed by atoms with E-state index in [9.17, 15) is 4.79 Å². The lowest BCUT2D eigenvalue weighted by atomic mass is 9.99. The summed E-state index contributed by atoms with van der Waals surface area (Å²) in [6, 6.07) is 6.96. The molecule has 0 bridgehead atoms. The number of hydrogen-bond donors (Lipinski definition) is 0. The van der Waals surface area contributed by atoms with E-state index in [0.717, 1.165) is 52.2 Å². The Hall–Kier alpha value is -1.59. The van der Waals surface area contributed by atoms with Gasteiger partial charge in [-0.1, -0.05) is 6.07 Å². The Morgan fingerprint density at radius 3 is 2.67 bits per heavy atom. The lowest BCUT2D eigenvalue weighted by Gasteiger charge is -2.36. The van der Waals surface area contributed by atoms with Crippen molar-refractivity contribution in [3.8, 4) is 0 Å². The number of carbonyl (C=O) groups excluding carboxylic acids is 1. The number of likely N-dealkylation sites (N-methyl/N-ethyl adjacent to an activating group) is 1. The Labute approximate surface area is 145 Å². The van der Waals surface area contributed by atoms with Gasteiger partial charge in [0.15, 0.2) is 0 Å². The lowest BCUT2D eigenvalue weighted by Crippen LogP contribution is -2.47. The molecule has 24 heavy (non-hydrogen) atoms. The molecular formula is C19H29N3O2. The zero-order valence-corrected chi connectivity index (χ0v) is 15.0. The molecule has 5 heteroatoms. The third-order valence-corrected chi connectivity index (χ3v) is 5.07. The predicted molar refractivity (Wildman–Crippen MR) is 96.4 cm³/mol. The molecule has 0 aromatic heterocycles. The Bertz CT molecular complexity index is 568. The van der Waals surface area contributed by atoms with Crippen LogP contribution in [0.2, 0.25) is 0 Å². The summed E-state index contributed by atoms with van der Waals surface area (Å²) in [5.41, 5.74) is 4.32. The van der Waals surface area contributed by atoms with Crippen LogP contribution in [0.15, 0.2) is 18.2 Å². The number of anilines is 1. The third-order valence-electron chi connectivity index (χ3n) is 5.07. The van der Waals surface area contributed by atoms with Crippen LogP contribution in [0, 0.1) is 0 Å². The lowest BCUT2D eigenvalue weighted by molar-refractivity contribution is -0.143. The number of rotatable bonds is 5. The molecule has 1 fully saturated rings. The van der Waals surface area contributed by atoms with Crippen LogP contribution in [0.5, 0.6) is 0 Å². The minimum absolute atomic E-state index is 0.0845. The first-order valence-electron chi connectivity index (χ1n) is 9.09. The molecule has 5 nitrogen and oxygen atoms in total. The van der Waals surface area contributed by atoms with Gasteiger partial charge in [-0.05, 0) is 43.7 Å². The van der Waals surface area contributed by atoms with Gasteiger partial charge >= 0.3 is 5.97 Å². The van der Waals surface area contributed by atoms with Crippen molar-refractivity contribution >= 4 is 11.7 Å². The molecule has 0 atom stereocenters. The first-order chi connectivity index (χ1) is 11.7. The fourth-order valence-electron chi connectivity index (χ4n) is 3.59. The van der Waals surface area contributed by atoms with Crippen LogP contribution in [0.3, 0.4) is 0 Å². The van der Waals surface area contributed by atoms with Crippen molar-refractivity contribution < 1.29 is 9.53 Å². The SMILES string of the molecule is CCOC(=O)CCN1CCN(c2ccc3c(c2)CN(C)CC3)CC1. The molecule has 2 aliphatic heterocycles. The predicted octanol–water partition coefficient (Wildman–Crippen LogP) is 1.75. The van der Waals surface area contributed by atoms with Crippen LogP contribution in [0.1, 0.15) is 24.5 Å². The average Bonchev–Trinajstić information content (AvgIpc) is 2.60. The molecule has 0 spiro atoms. The van der Waals surface area contributed by atoms with Crippen LogP contribution in [-0.2, 0) is 22.5 Å². The van der Waals surface area contributed by atoms with Gasteiger partial charge in [-0.15, -0.1) is 0 Å². The van der Waals surface area contributed by atoms with Crippen molar-refractivity contribution in [3.63, 3.8) is 0 Å².